The van der Waals surface area contributed by atoms with E-state index >= 15 is 0 Å². The average molecular weight is 508 g/mol. The molecule has 0 amide bonds. The highest BCUT2D eigenvalue weighted by Crippen LogP contribution is 2.51. The third-order valence-electron chi connectivity index (χ3n) is 6.75. The average Bonchev–Trinajstić information content (AvgIpc) is 3.38. The molecule has 0 fully saturated rings. The molecule has 2 N–H and O–H groups in total. The molecular formula is C26H25N3O6S. The number of hydrogen-bond donors (Lipinski definition) is 2. The third kappa shape index (κ3) is 4.24. The van der Waals surface area contributed by atoms with Crippen molar-refractivity contribution < 1.29 is 22.8 Å². The molecule has 0 radical (unpaired) electrons. The molecule has 3 aromatic carbocycles. The summed E-state index contributed by atoms with van der Waals surface area (Å²) in [4.78, 5) is 11.3. The van der Waals surface area contributed by atoms with E-state index in [1.165, 1.54) is 7.11 Å². The highest BCUT2D eigenvalue weighted by molar-refractivity contribution is 7.92. The van der Waals surface area contributed by atoms with Crippen LogP contribution in [0.1, 0.15) is 29.5 Å². The Hall–Kier alpha value is -4.05. The zero-order chi connectivity index (χ0) is 25.4. The van der Waals surface area contributed by atoms with Crippen molar-refractivity contribution in [1.29, 1.82) is 0 Å². The number of hydrogen-bond acceptors (Lipinski definition) is 7. The van der Waals surface area contributed by atoms with Gasteiger partial charge in [-0.2, -0.15) is 0 Å². The van der Waals surface area contributed by atoms with Crippen molar-refractivity contribution in [3.63, 3.8) is 0 Å². The molecule has 0 spiro atoms. The highest BCUT2D eigenvalue weighted by atomic mass is 32.2. The van der Waals surface area contributed by atoms with E-state index in [1.807, 2.05) is 6.07 Å². The Bertz CT molecular complexity index is 1450. The van der Waals surface area contributed by atoms with E-state index in [2.05, 4.69) is 22.2 Å². The number of benzene rings is 3. The van der Waals surface area contributed by atoms with E-state index in [0.29, 0.717) is 11.4 Å². The van der Waals surface area contributed by atoms with Crippen LogP contribution in [0.4, 0.5) is 17.1 Å². The molecule has 0 unspecified atom stereocenters. The van der Waals surface area contributed by atoms with Crippen LogP contribution < -0.4 is 19.5 Å². The maximum Gasteiger partial charge on any atom is 0.311 e. The lowest BCUT2D eigenvalue weighted by atomic mass is 9.77. The van der Waals surface area contributed by atoms with E-state index in [4.69, 9.17) is 9.47 Å². The Labute approximate surface area is 209 Å². The first kappa shape index (κ1) is 23.7. The first-order valence-corrected chi connectivity index (χ1v) is 12.9. The summed E-state index contributed by atoms with van der Waals surface area (Å²) >= 11 is 0. The van der Waals surface area contributed by atoms with E-state index in [0.717, 1.165) is 23.2 Å². The molecule has 2 aliphatic rings. The first-order chi connectivity index (χ1) is 17.3. The Morgan fingerprint density at radius 1 is 1.03 bits per heavy atom. The number of sulfonamides is 1. The van der Waals surface area contributed by atoms with Crippen LogP contribution in [0.5, 0.6) is 11.5 Å². The summed E-state index contributed by atoms with van der Waals surface area (Å²) in [5, 5.41) is 15.1. The monoisotopic (exact) mass is 507 g/mol. The summed E-state index contributed by atoms with van der Waals surface area (Å²) in [6.07, 6.45) is 4.93. The smallest absolute Gasteiger partial charge is 0.311 e. The second kappa shape index (κ2) is 9.19. The van der Waals surface area contributed by atoms with Crippen LogP contribution in [-0.4, -0.2) is 27.6 Å². The van der Waals surface area contributed by atoms with Gasteiger partial charge in [-0.05, 0) is 72.0 Å². The second-order valence-electron chi connectivity index (χ2n) is 8.75. The molecular weight excluding hydrogens is 482 g/mol. The minimum atomic E-state index is -3.82. The fraction of sp³-hybridized carbons (Fsp3) is 0.231. The topological polar surface area (TPSA) is 120 Å². The number of nitrogens with zero attached hydrogens (tertiary/aromatic N) is 1. The van der Waals surface area contributed by atoms with Crippen LogP contribution in [0.15, 0.2) is 77.7 Å². The zero-order valence-electron chi connectivity index (χ0n) is 19.7. The Morgan fingerprint density at radius 2 is 1.81 bits per heavy atom. The van der Waals surface area contributed by atoms with Gasteiger partial charge in [-0.15, -0.1) is 0 Å². The first-order valence-electron chi connectivity index (χ1n) is 11.4. The summed E-state index contributed by atoms with van der Waals surface area (Å²) in [5.41, 5.74) is 2.81. The molecule has 0 saturated carbocycles. The Kier molecular flexibility index (Phi) is 6.05. The van der Waals surface area contributed by atoms with Crippen LogP contribution in [-0.2, 0) is 10.0 Å². The van der Waals surface area contributed by atoms with Gasteiger partial charge in [0.05, 0.1) is 30.1 Å². The number of methoxy groups -OCH3 is 2. The van der Waals surface area contributed by atoms with Gasteiger partial charge in [-0.25, -0.2) is 8.42 Å². The van der Waals surface area contributed by atoms with Crippen LogP contribution in [0, 0.1) is 16.0 Å². The van der Waals surface area contributed by atoms with E-state index in [-0.39, 0.29) is 34.2 Å². The summed E-state index contributed by atoms with van der Waals surface area (Å²) in [6.45, 7) is 0. The normalized spacial score (nSPS) is 20.1. The molecule has 9 nitrogen and oxygen atoms in total. The van der Waals surface area contributed by atoms with Crippen molar-refractivity contribution >= 4 is 27.1 Å². The standard InChI is InChI=1S/C26H25N3O6S/c1-34-18-9-7-17(8-10-18)28-36(32,33)19-11-12-23-22(15-19)20-4-3-5-21(20)26(27-23)16-6-13-25(35-2)24(14-16)29(30)31/h3-4,6-15,20-21,26-28H,5H2,1-2H3/t20-,21+,26+/m0/s1. The molecule has 1 aliphatic heterocycles. The van der Waals surface area contributed by atoms with Crippen LogP contribution in [0.3, 0.4) is 0 Å². The van der Waals surface area contributed by atoms with Gasteiger partial charge >= 0.3 is 5.69 Å². The largest absolute Gasteiger partial charge is 0.497 e. The zero-order valence-corrected chi connectivity index (χ0v) is 20.5. The van der Waals surface area contributed by atoms with Gasteiger partial charge in [-0.3, -0.25) is 14.8 Å². The van der Waals surface area contributed by atoms with Crippen LogP contribution >= 0.6 is 0 Å². The lowest BCUT2D eigenvalue weighted by Crippen LogP contribution is -2.29. The molecule has 36 heavy (non-hydrogen) atoms. The van der Waals surface area contributed by atoms with Gasteiger partial charge in [-0.1, -0.05) is 18.2 Å². The molecule has 3 aromatic rings. The molecule has 3 atom stereocenters. The number of nitro benzene ring substituents is 1. The van der Waals surface area contributed by atoms with Crippen LogP contribution in [0.25, 0.3) is 0 Å². The molecule has 186 valence electrons. The summed E-state index contributed by atoms with van der Waals surface area (Å²) in [5.74, 6) is 0.899. The SMILES string of the molecule is COc1ccc(NS(=O)(=O)c2ccc3c(c2)[C@H]2C=CC[C@H]2[C@@H](c2ccc(OC)c([N+](=O)[O-])c2)N3)cc1. The van der Waals surface area contributed by atoms with Crippen molar-refractivity contribution in [3.8, 4) is 11.5 Å². The van der Waals surface area contributed by atoms with Gasteiger partial charge < -0.3 is 14.8 Å². The summed E-state index contributed by atoms with van der Waals surface area (Å²) in [7, 11) is -0.862. The van der Waals surface area contributed by atoms with Crippen molar-refractivity contribution in [2.45, 2.75) is 23.3 Å². The van der Waals surface area contributed by atoms with Crippen LogP contribution in [0.2, 0.25) is 0 Å². The molecule has 1 aliphatic carbocycles. The number of nitro groups is 1. The maximum atomic E-state index is 13.1. The number of rotatable bonds is 7. The fourth-order valence-corrected chi connectivity index (χ4v) is 6.08. The predicted octanol–water partition coefficient (Wildman–Crippen LogP) is 5.24. The van der Waals surface area contributed by atoms with E-state index < -0.39 is 14.9 Å². The number of fused-ring (bicyclic) bond motifs is 3. The van der Waals surface area contributed by atoms with Gasteiger partial charge in [0.1, 0.15) is 5.75 Å². The van der Waals surface area contributed by atoms with Gasteiger partial charge in [0, 0.05) is 23.4 Å². The third-order valence-corrected chi connectivity index (χ3v) is 8.12. The lowest BCUT2D eigenvalue weighted by molar-refractivity contribution is -0.385. The Morgan fingerprint density at radius 3 is 2.50 bits per heavy atom. The number of allylic oxidation sites excluding steroid dienone is 2. The van der Waals surface area contributed by atoms with Crippen molar-refractivity contribution in [2.24, 2.45) is 5.92 Å². The maximum absolute atomic E-state index is 13.1. The lowest BCUT2D eigenvalue weighted by Gasteiger charge is -2.37. The van der Waals surface area contributed by atoms with Crippen molar-refractivity contribution in [2.75, 3.05) is 24.3 Å². The van der Waals surface area contributed by atoms with E-state index in [9.17, 15) is 18.5 Å². The van der Waals surface area contributed by atoms with E-state index in [1.54, 1.807) is 61.7 Å². The van der Waals surface area contributed by atoms with Crippen molar-refractivity contribution in [3.05, 3.63) is 94.1 Å². The van der Waals surface area contributed by atoms with Gasteiger partial charge in [0.25, 0.3) is 10.0 Å². The Balaban J connectivity index is 1.47. The molecule has 10 heteroatoms. The number of anilines is 2. The number of ether oxygens (including phenoxy) is 2. The van der Waals surface area contributed by atoms with Gasteiger partial charge in [0.2, 0.25) is 0 Å². The van der Waals surface area contributed by atoms with Crippen molar-refractivity contribution in [1.82, 2.24) is 0 Å². The molecule has 5 rings (SSSR count). The fourth-order valence-electron chi connectivity index (χ4n) is 4.99. The summed E-state index contributed by atoms with van der Waals surface area (Å²) < 4.78 is 39.1. The number of nitrogens with one attached hydrogen (secondary N) is 2. The quantitative estimate of drug-likeness (QED) is 0.255. The molecule has 0 saturated heterocycles. The molecule has 0 aromatic heterocycles. The second-order valence-corrected chi connectivity index (χ2v) is 10.4. The van der Waals surface area contributed by atoms with Gasteiger partial charge in [0.15, 0.2) is 5.75 Å². The predicted molar refractivity (Wildman–Crippen MR) is 136 cm³/mol. The minimum Gasteiger partial charge on any atom is -0.497 e. The highest BCUT2D eigenvalue weighted by Gasteiger charge is 2.39. The summed E-state index contributed by atoms with van der Waals surface area (Å²) in [6, 6.07) is 16.5. The minimum absolute atomic E-state index is 0.0245. The molecule has 1 heterocycles. The molecule has 0 bridgehead atoms.